The second-order valence-corrected chi connectivity index (χ2v) is 8.86. The summed E-state index contributed by atoms with van der Waals surface area (Å²) in [5.41, 5.74) is -0.682. The Morgan fingerprint density at radius 3 is 1.21 bits per heavy atom. The minimum absolute atomic E-state index is 0.682. The Morgan fingerprint density at radius 1 is 0.607 bits per heavy atom. The zero-order valence-corrected chi connectivity index (χ0v) is 19.5. The standard InChI is InChI=1S/C25H51NO2/c1-4-7-9-11-13-15-17-19-21-23-25(24(27)28,26-6-3)22-20-18-16-14-12-10-8-5-2/h26H,4-23H2,1-3H3,(H,27,28). The van der Waals surface area contributed by atoms with Crippen molar-refractivity contribution in [2.24, 2.45) is 0 Å². The van der Waals surface area contributed by atoms with Gasteiger partial charge in [0.25, 0.3) is 0 Å². The van der Waals surface area contributed by atoms with Crippen molar-refractivity contribution in [1.82, 2.24) is 0 Å². The number of aliphatic carboxylic acids is 1. The van der Waals surface area contributed by atoms with Gasteiger partial charge < -0.3 is 15.2 Å². The monoisotopic (exact) mass is 397 g/mol. The normalized spacial score (nSPS) is 13.5. The third kappa shape index (κ3) is 14.4. The van der Waals surface area contributed by atoms with E-state index < -0.39 is 11.5 Å². The number of quaternary nitrogens is 1. The van der Waals surface area contributed by atoms with Crippen LogP contribution >= 0.6 is 0 Å². The van der Waals surface area contributed by atoms with Crippen LogP contribution in [0.4, 0.5) is 0 Å². The van der Waals surface area contributed by atoms with Gasteiger partial charge in [0, 0.05) is 12.8 Å². The van der Waals surface area contributed by atoms with Crippen LogP contribution < -0.4 is 10.4 Å². The fourth-order valence-corrected chi connectivity index (χ4v) is 4.33. The van der Waals surface area contributed by atoms with E-state index in [0.717, 1.165) is 45.1 Å². The molecule has 0 radical (unpaired) electrons. The summed E-state index contributed by atoms with van der Waals surface area (Å²) in [5.74, 6) is -0.836. The van der Waals surface area contributed by atoms with Gasteiger partial charge >= 0.3 is 0 Å². The van der Waals surface area contributed by atoms with Crippen molar-refractivity contribution < 1.29 is 15.2 Å². The highest BCUT2D eigenvalue weighted by Gasteiger charge is 2.33. The third-order valence-corrected chi connectivity index (χ3v) is 6.20. The summed E-state index contributed by atoms with van der Waals surface area (Å²) in [6, 6.07) is 0. The molecule has 0 heterocycles. The van der Waals surface area contributed by atoms with Gasteiger partial charge in [-0.3, -0.25) is 0 Å². The Hall–Kier alpha value is -0.570. The lowest BCUT2D eigenvalue weighted by molar-refractivity contribution is -0.719. The molecule has 0 saturated carbocycles. The molecule has 0 bridgehead atoms. The number of unbranched alkanes of at least 4 members (excludes halogenated alkanes) is 15. The molecule has 0 aliphatic rings. The topological polar surface area (TPSA) is 56.7 Å². The molecule has 28 heavy (non-hydrogen) atoms. The van der Waals surface area contributed by atoms with E-state index in [-0.39, 0.29) is 0 Å². The Balaban J connectivity index is 4.04. The van der Waals surface area contributed by atoms with Crippen LogP contribution in [0.25, 0.3) is 0 Å². The molecule has 0 amide bonds. The average molecular weight is 398 g/mol. The van der Waals surface area contributed by atoms with Crippen molar-refractivity contribution in [3.05, 3.63) is 0 Å². The lowest BCUT2D eigenvalue weighted by atomic mass is 9.86. The number of rotatable bonds is 22. The van der Waals surface area contributed by atoms with Crippen molar-refractivity contribution >= 4 is 5.97 Å². The molecule has 0 rings (SSSR count). The van der Waals surface area contributed by atoms with E-state index in [1.165, 1.54) is 83.5 Å². The molecule has 0 aliphatic heterocycles. The number of carbonyl (C=O) groups is 1. The first-order chi connectivity index (χ1) is 13.6. The van der Waals surface area contributed by atoms with Crippen LogP contribution in [-0.4, -0.2) is 18.1 Å². The lowest BCUT2D eigenvalue weighted by Crippen LogP contribution is -3.00. The van der Waals surface area contributed by atoms with E-state index in [4.69, 9.17) is 0 Å². The van der Waals surface area contributed by atoms with Crippen LogP contribution in [0, 0.1) is 0 Å². The Bertz CT molecular complexity index is 345. The zero-order valence-electron chi connectivity index (χ0n) is 19.5. The first-order valence-corrected chi connectivity index (χ1v) is 12.7. The number of likely N-dealkylation sites (N-methyl/N-ethyl adjacent to an activating group) is 1. The van der Waals surface area contributed by atoms with Crippen LogP contribution in [0.15, 0.2) is 0 Å². The SMILES string of the molecule is CCCCCCCCCCCC(CCCCCCCCCC)([NH2+]CC)C(=O)[O-]. The Labute approximate surface area is 176 Å². The Morgan fingerprint density at radius 2 is 0.929 bits per heavy atom. The molecule has 3 heteroatoms. The first-order valence-electron chi connectivity index (χ1n) is 12.7. The van der Waals surface area contributed by atoms with Crippen LogP contribution in [0.2, 0.25) is 0 Å². The van der Waals surface area contributed by atoms with Gasteiger partial charge in [-0.2, -0.15) is 0 Å². The predicted octanol–water partition coefficient (Wildman–Crippen LogP) is 5.51. The smallest absolute Gasteiger partial charge is 0.136 e. The highest BCUT2D eigenvalue weighted by molar-refractivity contribution is 5.74. The summed E-state index contributed by atoms with van der Waals surface area (Å²) < 4.78 is 0. The van der Waals surface area contributed by atoms with Gasteiger partial charge in [-0.25, -0.2) is 0 Å². The van der Waals surface area contributed by atoms with Gasteiger partial charge in [0.05, 0.1) is 6.54 Å². The van der Waals surface area contributed by atoms with Crippen molar-refractivity contribution in [3.8, 4) is 0 Å². The van der Waals surface area contributed by atoms with Gasteiger partial charge in [-0.15, -0.1) is 0 Å². The van der Waals surface area contributed by atoms with Gasteiger partial charge in [0.15, 0.2) is 0 Å². The summed E-state index contributed by atoms with van der Waals surface area (Å²) in [6.45, 7) is 7.38. The van der Waals surface area contributed by atoms with Crippen molar-refractivity contribution in [2.75, 3.05) is 6.54 Å². The van der Waals surface area contributed by atoms with E-state index in [2.05, 4.69) is 20.8 Å². The molecule has 2 N–H and O–H groups in total. The number of carboxylic acids is 1. The summed E-state index contributed by atoms with van der Waals surface area (Å²) in [7, 11) is 0. The summed E-state index contributed by atoms with van der Waals surface area (Å²) in [5, 5.41) is 14.0. The fraction of sp³-hybridized carbons (Fsp3) is 0.960. The molecule has 1 atom stereocenters. The molecule has 0 spiro atoms. The number of carbonyl (C=O) groups excluding carboxylic acids is 1. The second kappa shape index (κ2) is 19.7. The van der Waals surface area contributed by atoms with E-state index in [1.807, 2.05) is 5.32 Å². The maximum atomic E-state index is 12.0. The molecule has 3 nitrogen and oxygen atoms in total. The van der Waals surface area contributed by atoms with Crippen LogP contribution in [0.1, 0.15) is 143 Å². The molecule has 0 aliphatic carbocycles. The third-order valence-electron chi connectivity index (χ3n) is 6.20. The maximum absolute atomic E-state index is 12.0. The van der Waals surface area contributed by atoms with Gasteiger partial charge in [-0.05, 0) is 19.8 Å². The number of carboxylic acid groups (broad SMARTS) is 1. The van der Waals surface area contributed by atoms with Gasteiger partial charge in [0.2, 0.25) is 0 Å². The van der Waals surface area contributed by atoms with Crippen molar-refractivity contribution in [2.45, 2.75) is 148 Å². The summed E-state index contributed by atoms with van der Waals surface area (Å²) >= 11 is 0. The van der Waals surface area contributed by atoms with E-state index in [1.54, 1.807) is 0 Å². The molecule has 0 aromatic heterocycles. The van der Waals surface area contributed by atoms with Gasteiger partial charge in [0.1, 0.15) is 11.5 Å². The molecular weight excluding hydrogens is 346 g/mol. The fourth-order valence-electron chi connectivity index (χ4n) is 4.33. The average Bonchev–Trinajstić information content (AvgIpc) is 2.68. The number of hydrogen-bond donors (Lipinski definition) is 1. The Kier molecular flexibility index (Phi) is 19.3. The largest absolute Gasteiger partial charge is 0.544 e. The minimum atomic E-state index is -0.836. The minimum Gasteiger partial charge on any atom is -0.544 e. The first kappa shape index (κ1) is 27.4. The zero-order chi connectivity index (χ0) is 20.9. The molecular formula is C25H51NO2. The molecule has 0 saturated heterocycles. The molecule has 0 fully saturated rings. The molecule has 0 aromatic rings. The lowest BCUT2D eigenvalue weighted by Gasteiger charge is -2.32. The number of hydrogen-bond acceptors (Lipinski definition) is 2. The predicted molar refractivity (Wildman–Crippen MR) is 119 cm³/mol. The maximum Gasteiger partial charge on any atom is 0.136 e. The van der Waals surface area contributed by atoms with Crippen molar-refractivity contribution in [1.29, 1.82) is 0 Å². The second-order valence-electron chi connectivity index (χ2n) is 8.86. The van der Waals surface area contributed by atoms with Crippen molar-refractivity contribution in [3.63, 3.8) is 0 Å². The van der Waals surface area contributed by atoms with E-state index in [0.29, 0.717) is 0 Å². The van der Waals surface area contributed by atoms with Crippen LogP contribution in [-0.2, 0) is 4.79 Å². The van der Waals surface area contributed by atoms with Gasteiger partial charge in [-0.1, -0.05) is 110 Å². The summed E-state index contributed by atoms with van der Waals surface area (Å²) in [6.07, 6.45) is 23.1. The number of nitrogens with two attached hydrogens (primary N) is 1. The van der Waals surface area contributed by atoms with Crippen LogP contribution in [0.3, 0.4) is 0 Å². The quantitative estimate of drug-likeness (QED) is 0.245. The molecule has 168 valence electrons. The molecule has 0 aromatic carbocycles. The van der Waals surface area contributed by atoms with E-state index >= 15 is 0 Å². The highest BCUT2D eigenvalue weighted by Crippen LogP contribution is 2.20. The molecule has 1 unspecified atom stereocenters. The highest BCUT2D eigenvalue weighted by atomic mass is 16.4. The van der Waals surface area contributed by atoms with Crippen LogP contribution in [0.5, 0.6) is 0 Å². The van der Waals surface area contributed by atoms with E-state index in [9.17, 15) is 9.90 Å². The summed E-state index contributed by atoms with van der Waals surface area (Å²) in [4.78, 5) is 12.0.